The number of anilines is 3. The highest BCUT2D eigenvalue weighted by molar-refractivity contribution is 6.00. The third-order valence-corrected chi connectivity index (χ3v) is 6.12. The first-order valence-electron chi connectivity index (χ1n) is 11.4. The maximum atomic E-state index is 13.1. The first-order chi connectivity index (χ1) is 16.0. The zero-order chi connectivity index (χ0) is 23.4. The van der Waals surface area contributed by atoms with E-state index in [1.165, 1.54) is 6.20 Å². The van der Waals surface area contributed by atoms with Crippen LogP contribution in [0.3, 0.4) is 0 Å². The zero-order valence-corrected chi connectivity index (χ0v) is 19.3. The predicted molar refractivity (Wildman–Crippen MR) is 127 cm³/mol. The Morgan fingerprint density at radius 3 is 2.82 bits per heavy atom. The fourth-order valence-electron chi connectivity index (χ4n) is 4.32. The van der Waals surface area contributed by atoms with Crippen LogP contribution in [0.15, 0.2) is 35.4 Å². The molecule has 0 saturated heterocycles. The summed E-state index contributed by atoms with van der Waals surface area (Å²) < 4.78 is 8.52. The number of methoxy groups -OCH3 is 1. The number of carbonyl (C=O) groups excluding carboxylic acids is 1. The predicted octanol–water partition coefficient (Wildman–Crippen LogP) is 2.95. The summed E-state index contributed by atoms with van der Waals surface area (Å²) in [5.74, 6) is 0.900. The highest BCUT2D eigenvalue weighted by Gasteiger charge is 2.22. The van der Waals surface area contributed by atoms with Gasteiger partial charge in [0.15, 0.2) is 5.65 Å². The van der Waals surface area contributed by atoms with Crippen molar-refractivity contribution >= 4 is 28.9 Å². The van der Waals surface area contributed by atoms with Crippen LogP contribution in [0.4, 0.5) is 17.3 Å². The van der Waals surface area contributed by atoms with Crippen molar-refractivity contribution in [2.75, 3.05) is 31.4 Å². The number of rotatable bonds is 9. The molecule has 176 valence electrons. The molecule has 0 aliphatic heterocycles. The molecule has 1 aliphatic rings. The largest absolute Gasteiger partial charge is 0.383 e. The van der Waals surface area contributed by atoms with E-state index in [1.807, 2.05) is 13.0 Å². The summed E-state index contributed by atoms with van der Waals surface area (Å²) in [4.78, 5) is 30.6. The lowest BCUT2D eigenvalue weighted by molar-refractivity contribution is 0.0939. The number of nitrogens with zero attached hydrogens (tertiary/aromatic N) is 4. The highest BCUT2D eigenvalue weighted by Crippen LogP contribution is 2.23. The average molecular weight is 454 g/mol. The molecular weight excluding hydrogens is 422 g/mol. The molecule has 1 fully saturated rings. The van der Waals surface area contributed by atoms with Gasteiger partial charge in [-0.2, -0.15) is 9.61 Å². The first-order valence-corrected chi connectivity index (χ1v) is 11.4. The van der Waals surface area contributed by atoms with Crippen LogP contribution in [0.5, 0.6) is 0 Å². The second-order valence-electron chi connectivity index (χ2n) is 8.30. The summed E-state index contributed by atoms with van der Waals surface area (Å²) in [7, 11) is 3.39. The van der Waals surface area contributed by atoms with Crippen LogP contribution < -0.4 is 21.5 Å². The van der Waals surface area contributed by atoms with Crippen LogP contribution >= 0.6 is 0 Å². The topological polar surface area (TPSA) is 115 Å². The van der Waals surface area contributed by atoms with Gasteiger partial charge in [-0.05, 0) is 31.4 Å². The molecule has 0 aromatic carbocycles. The molecule has 33 heavy (non-hydrogen) atoms. The standard InChI is InChI=1S/C23H31N7O3/c1-4-16(14-33-3)29-11-7-10-18(23(29)32)27-19-12-20(24-2)30-21(28-19)17(13-25-30)22(31)26-15-8-5-6-9-15/h7,10-13,15-16,24H,4-6,8-9,14H2,1-3H3,(H,26,31)(H,27,28). The Bertz CT molecular complexity index is 1180. The minimum atomic E-state index is -0.184. The van der Waals surface area contributed by atoms with Gasteiger partial charge in [0.05, 0.1) is 18.8 Å². The lowest BCUT2D eigenvalue weighted by atomic mass is 10.2. The molecule has 3 N–H and O–H groups in total. The van der Waals surface area contributed by atoms with Crippen molar-refractivity contribution in [3.8, 4) is 0 Å². The van der Waals surface area contributed by atoms with E-state index >= 15 is 0 Å². The van der Waals surface area contributed by atoms with Crippen molar-refractivity contribution in [2.45, 2.75) is 51.1 Å². The Labute approximate surface area is 192 Å². The van der Waals surface area contributed by atoms with E-state index in [4.69, 9.17) is 4.74 Å². The summed E-state index contributed by atoms with van der Waals surface area (Å²) in [6.45, 7) is 2.46. The van der Waals surface area contributed by atoms with E-state index in [-0.39, 0.29) is 23.6 Å². The summed E-state index contributed by atoms with van der Waals surface area (Å²) in [5.41, 5.74) is 1.05. The molecular formula is C23H31N7O3. The number of hydrogen-bond acceptors (Lipinski definition) is 7. The summed E-state index contributed by atoms with van der Waals surface area (Å²) in [6.07, 6.45) is 8.31. The number of fused-ring (bicyclic) bond motifs is 1. The molecule has 4 rings (SSSR count). The summed E-state index contributed by atoms with van der Waals surface area (Å²) in [5, 5.41) is 13.6. The van der Waals surface area contributed by atoms with Gasteiger partial charge < -0.3 is 25.3 Å². The molecule has 3 heterocycles. The van der Waals surface area contributed by atoms with Crippen molar-refractivity contribution in [1.29, 1.82) is 0 Å². The molecule has 10 nitrogen and oxygen atoms in total. The number of hydrogen-bond donors (Lipinski definition) is 3. The van der Waals surface area contributed by atoms with Crippen LogP contribution in [-0.2, 0) is 4.74 Å². The molecule has 0 spiro atoms. The van der Waals surface area contributed by atoms with Gasteiger partial charge in [0.1, 0.15) is 22.9 Å². The van der Waals surface area contributed by atoms with E-state index in [9.17, 15) is 9.59 Å². The normalized spacial score (nSPS) is 15.0. The van der Waals surface area contributed by atoms with Gasteiger partial charge in [0, 0.05) is 32.5 Å². The fourth-order valence-corrected chi connectivity index (χ4v) is 4.32. The smallest absolute Gasteiger partial charge is 0.274 e. The number of amides is 1. The number of ether oxygens (including phenoxy) is 1. The minimum absolute atomic E-state index is 0.0618. The lowest BCUT2D eigenvalue weighted by Crippen LogP contribution is -2.32. The van der Waals surface area contributed by atoms with Crippen LogP contribution in [0, 0.1) is 0 Å². The maximum absolute atomic E-state index is 13.1. The number of carbonyl (C=O) groups is 1. The van der Waals surface area contributed by atoms with Crippen LogP contribution in [0.25, 0.3) is 5.65 Å². The average Bonchev–Trinajstić information content (AvgIpc) is 3.48. The number of aromatic nitrogens is 4. The highest BCUT2D eigenvalue weighted by atomic mass is 16.5. The molecule has 1 amide bonds. The van der Waals surface area contributed by atoms with Crippen molar-refractivity contribution in [1.82, 2.24) is 24.5 Å². The van der Waals surface area contributed by atoms with Gasteiger partial charge in [0.25, 0.3) is 11.5 Å². The molecule has 3 aromatic heterocycles. The van der Waals surface area contributed by atoms with Gasteiger partial charge in [-0.3, -0.25) is 9.59 Å². The van der Waals surface area contributed by atoms with Gasteiger partial charge in [0.2, 0.25) is 0 Å². The van der Waals surface area contributed by atoms with Gasteiger partial charge in [-0.1, -0.05) is 19.8 Å². The fraction of sp³-hybridized carbons (Fsp3) is 0.478. The molecule has 1 aliphatic carbocycles. The quantitative estimate of drug-likeness (QED) is 0.456. The minimum Gasteiger partial charge on any atom is -0.383 e. The van der Waals surface area contributed by atoms with Crippen molar-refractivity contribution < 1.29 is 9.53 Å². The molecule has 3 aromatic rings. The second-order valence-corrected chi connectivity index (χ2v) is 8.30. The van der Waals surface area contributed by atoms with Gasteiger partial charge in [-0.15, -0.1) is 0 Å². The van der Waals surface area contributed by atoms with Crippen molar-refractivity contribution in [3.05, 3.63) is 46.5 Å². The third-order valence-electron chi connectivity index (χ3n) is 6.12. The SMILES string of the molecule is CCC(COC)n1cccc(Nc2cc(NC)n3ncc(C(=O)NC4CCCC4)c3n2)c1=O. The van der Waals surface area contributed by atoms with E-state index in [1.54, 1.807) is 41.6 Å². The van der Waals surface area contributed by atoms with Crippen LogP contribution in [0.1, 0.15) is 55.4 Å². The van der Waals surface area contributed by atoms with Crippen LogP contribution in [0.2, 0.25) is 0 Å². The maximum Gasteiger partial charge on any atom is 0.274 e. The second kappa shape index (κ2) is 10.0. The molecule has 0 radical (unpaired) electrons. The Hall–Kier alpha value is -3.40. The van der Waals surface area contributed by atoms with Gasteiger partial charge in [-0.25, -0.2) is 4.98 Å². The molecule has 0 bridgehead atoms. The Balaban J connectivity index is 1.67. The summed E-state index contributed by atoms with van der Waals surface area (Å²) in [6, 6.07) is 5.42. The monoisotopic (exact) mass is 453 g/mol. The van der Waals surface area contributed by atoms with E-state index in [0.717, 1.165) is 32.1 Å². The Kier molecular flexibility index (Phi) is 6.93. The van der Waals surface area contributed by atoms with E-state index < -0.39 is 0 Å². The van der Waals surface area contributed by atoms with E-state index in [2.05, 4.69) is 26.0 Å². The zero-order valence-electron chi connectivity index (χ0n) is 19.3. The third kappa shape index (κ3) is 4.70. The summed E-state index contributed by atoms with van der Waals surface area (Å²) >= 11 is 0. The van der Waals surface area contributed by atoms with Crippen LogP contribution in [-0.4, -0.2) is 51.9 Å². The van der Waals surface area contributed by atoms with Gasteiger partial charge >= 0.3 is 0 Å². The number of pyridine rings is 1. The Morgan fingerprint density at radius 1 is 1.33 bits per heavy atom. The molecule has 10 heteroatoms. The van der Waals surface area contributed by atoms with E-state index in [0.29, 0.717) is 35.1 Å². The Morgan fingerprint density at radius 2 is 2.12 bits per heavy atom. The first kappa shape index (κ1) is 22.8. The molecule has 1 saturated carbocycles. The lowest BCUT2D eigenvalue weighted by Gasteiger charge is -2.18. The molecule has 1 unspecified atom stereocenters. The van der Waals surface area contributed by atoms with Crippen molar-refractivity contribution in [2.24, 2.45) is 0 Å². The van der Waals surface area contributed by atoms with Crippen molar-refractivity contribution in [3.63, 3.8) is 0 Å². The molecule has 1 atom stereocenters. The number of nitrogens with one attached hydrogen (secondary N) is 3.